The topological polar surface area (TPSA) is 70.2 Å². The number of anilines is 1. The first-order chi connectivity index (χ1) is 12.0. The second-order valence-corrected chi connectivity index (χ2v) is 6.26. The Hall–Kier alpha value is -2.47. The average Bonchev–Trinajstić information content (AvgIpc) is 2.59. The zero-order chi connectivity index (χ0) is 18.1. The third-order valence-electron chi connectivity index (χ3n) is 3.71. The van der Waals surface area contributed by atoms with E-state index in [0.717, 1.165) is 25.9 Å². The van der Waals surface area contributed by atoms with Gasteiger partial charge in [0, 0.05) is 25.7 Å². The molecule has 134 valence electrons. The number of aryl methyl sites for hydroxylation is 2. The molecule has 0 aliphatic carbocycles. The van der Waals surface area contributed by atoms with Crippen LogP contribution in [0.3, 0.4) is 0 Å². The first-order valence-corrected chi connectivity index (χ1v) is 8.61. The molecule has 1 amide bonds. The summed E-state index contributed by atoms with van der Waals surface area (Å²) in [5, 5.41) is 6.16. The summed E-state index contributed by atoms with van der Waals surface area (Å²) >= 11 is 0. The van der Waals surface area contributed by atoms with Crippen molar-refractivity contribution >= 4 is 11.7 Å². The highest BCUT2D eigenvalue weighted by atomic mass is 16.1. The molecular weight excluding hydrogens is 314 g/mol. The molecule has 1 aromatic heterocycles. The summed E-state index contributed by atoms with van der Waals surface area (Å²) in [6.07, 6.45) is 2.01. The standard InChI is InChI=1S/C19H27N5O/c1-15-22-17(19(25)21-12-13-24(2)3)14-18(23-15)20-11-7-10-16-8-5-4-6-9-16/h4-6,8-9,14H,7,10-13H2,1-3H3,(H,21,25)(H,20,22,23). The van der Waals surface area contributed by atoms with Gasteiger partial charge in [-0.25, -0.2) is 9.97 Å². The number of hydrogen-bond donors (Lipinski definition) is 2. The molecule has 0 atom stereocenters. The molecule has 1 aromatic carbocycles. The molecule has 0 aliphatic rings. The number of aromatic nitrogens is 2. The smallest absolute Gasteiger partial charge is 0.270 e. The third-order valence-corrected chi connectivity index (χ3v) is 3.71. The zero-order valence-electron chi connectivity index (χ0n) is 15.2. The van der Waals surface area contributed by atoms with Crippen LogP contribution in [0.2, 0.25) is 0 Å². The molecule has 0 saturated heterocycles. The van der Waals surface area contributed by atoms with Gasteiger partial charge in [0.15, 0.2) is 0 Å². The number of carbonyl (C=O) groups excluding carboxylic acids is 1. The van der Waals surface area contributed by atoms with Crippen LogP contribution in [0.1, 0.15) is 28.3 Å². The fourth-order valence-corrected chi connectivity index (χ4v) is 2.41. The van der Waals surface area contributed by atoms with Gasteiger partial charge >= 0.3 is 0 Å². The molecule has 2 N–H and O–H groups in total. The van der Waals surface area contributed by atoms with Gasteiger partial charge in [-0.05, 0) is 39.4 Å². The van der Waals surface area contributed by atoms with Crippen molar-refractivity contribution in [1.29, 1.82) is 0 Å². The van der Waals surface area contributed by atoms with Crippen LogP contribution in [0.15, 0.2) is 36.4 Å². The molecule has 2 aromatic rings. The quantitative estimate of drug-likeness (QED) is 0.684. The lowest BCUT2D eigenvalue weighted by Crippen LogP contribution is -2.32. The Labute approximate surface area is 149 Å². The van der Waals surface area contributed by atoms with Crippen molar-refractivity contribution in [3.05, 3.63) is 53.5 Å². The summed E-state index contributed by atoms with van der Waals surface area (Å²) in [5.41, 5.74) is 1.72. The summed E-state index contributed by atoms with van der Waals surface area (Å²) in [6.45, 7) is 3.98. The van der Waals surface area contributed by atoms with Gasteiger partial charge in [-0.1, -0.05) is 30.3 Å². The zero-order valence-corrected chi connectivity index (χ0v) is 15.2. The average molecular weight is 341 g/mol. The first-order valence-electron chi connectivity index (χ1n) is 8.61. The molecule has 25 heavy (non-hydrogen) atoms. The second-order valence-electron chi connectivity index (χ2n) is 6.26. The lowest BCUT2D eigenvalue weighted by Gasteiger charge is -2.11. The van der Waals surface area contributed by atoms with Crippen LogP contribution in [-0.4, -0.2) is 54.5 Å². The Balaban J connectivity index is 1.84. The number of rotatable bonds is 9. The number of hydrogen-bond acceptors (Lipinski definition) is 5. The molecule has 0 radical (unpaired) electrons. The number of amides is 1. The van der Waals surface area contributed by atoms with E-state index in [2.05, 4.69) is 44.9 Å². The predicted octanol–water partition coefficient (Wildman–Crippen LogP) is 2.12. The van der Waals surface area contributed by atoms with E-state index >= 15 is 0 Å². The Kier molecular flexibility index (Phi) is 7.35. The summed E-state index contributed by atoms with van der Waals surface area (Å²) in [5.74, 6) is 1.11. The van der Waals surface area contributed by atoms with Crippen molar-refractivity contribution in [2.24, 2.45) is 0 Å². The number of carbonyl (C=O) groups is 1. The van der Waals surface area contributed by atoms with E-state index in [1.165, 1.54) is 5.56 Å². The summed E-state index contributed by atoms with van der Waals surface area (Å²) in [7, 11) is 3.94. The van der Waals surface area contributed by atoms with Crippen molar-refractivity contribution in [2.45, 2.75) is 19.8 Å². The van der Waals surface area contributed by atoms with E-state index in [0.29, 0.717) is 23.9 Å². The highest BCUT2D eigenvalue weighted by molar-refractivity contribution is 5.92. The Morgan fingerprint density at radius 2 is 1.88 bits per heavy atom. The molecule has 0 fully saturated rings. The van der Waals surface area contributed by atoms with Crippen LogP contribution in [0.5, 0.6) is 0 Å². The SMILES string of the molecule is Cc1nc(NCCCc2ccccc2)cc(C(=O)NCCN(C)C)n1. The first kappa shape index (κ1) is 18.9. The maximum atomic E-state index is 12.2. The van der Waals surface area contributed by atoms with Gasteiger partial charge < -0.3 is 15.5 Å². The van der Waals surface area contributed by atoms with E-state index in [1.807, 2.05) is 25.1 Å². The molecule has 0 bridgehead atoms. The molecule has 0 aliphatic heterocycles. The minimum absolute atomic E-state index is 0.167. The fourth-order valence-electron chi connectivity index (χ4n) is 2.41. The number of benzene rings is 1. The van der Waals surface area contributed by atoms with E-state index in [4.69, 9.17) is 0 Å². The monoisotopic (exact) mass is 341 g/mol. The fraction of sp³-hybridized carbons (Fsp3) is 0.421. The van der Waals surface area contributed by atoms with Gasteiger partial charge in [-0.3, -0.25) is 4.79 Å². The van der Waals surface area contributed by atoms with Crippen LogP contribution >= 0.6 is 0 Å². The van der Waals surface area contributed by atoms with Crippen molar-refractivity contribution in [2.75, 3.05) is 39.0 Å². The van der Waals surface area contributed by atoms with Gasteiger partial charge in [0.2, 0.25) is 0 Å². The van der Waals surface area contributed by atoms with Gasteiger partial charge in [-0.15, -0.1) is 0 Å². The van der Waals surface area contributed by atoms with Crippen LogP contribution < -0.4 is 10.6 Å². The maximum absolute atomic E-state index is 12.2. The Morgan fingerprint density at radius 3 is 2.60 bits per heavy atom. The van der Waals surface area contributed by atoms with Crippen LogP contribution in [-0.2, 0) is 6.42 Å². The van der Waals surface area contributed by atoms with Gasteiger partial charge in [0.05, 0.1) is 0 Å². The van der Waals surface area contributed by atoms with Gasteiger partial charge in [-0.2, -0.15) is 0 Å². The number of nitrogens with one attached hydrogen (secondary N) is 2. The lowest BCUT2D eigenvalue weighted by atomic mass is 10.1. The minimum atomic E-state index is -0.167. The number of likely N-dealkylation sites (N-methyl/N-ethyl adjacent to an activating group) is 1. The molecule has 6 nitrogen and oxygen atoms in total. The largest absolute Gasteiger partial charge is 0.370 e. The Bertz CT molecular complexity index is 673. The van der Waals surface area contributed by atoms with E-state index in [1.54, 1.807) is 13.0 Å². The molecule has 0 saturated carbocycles. The van der Waals surface area contributed by atoms with E-state index in [9.17, 15) is 4.79 Å². The van der Waals surface area contributed by atoms with Crippen LogP contribution in [0.4, 0.5) is 5.82 Å². The third kappa shape index (κ3) is 6.89. The highest BCUT2D eigenvalue weighted by Crippen LogP contribution is 2.08. The minimum Gasteiger partial charge on any atom is -0.370 e. The number of nitrogens with zero attached hydrogens (tertiary/aromatic N) is 3. The predicted molar refractivity (Wildman–Crippen MR) is 101 cm³/mol. The van der Waals surface area contributed by atoms with E-state index in [-0.39, 0.29) is 5.91 Å². The molecular formula is C19H27N5O. The normalized spacial score (nSPS) is 10.7. The van der Waals surface area contributed by atoms with Gasteiger partial charge in [0.1, 0.15) is 17.3 Å². The lowest BCUT2D eigenvalue weighted by molar-refractivity contribution is 0.0945. The van der Waals surface area contributed by atoms with Crippen molar-refractivity contribution in [3.63, 3.8) is 0 Å². The molecule has 6 heteroatoms. The van der Waals surface area contributed by atoms with Crippen molar-refractivity contribution in [1.82, 2.24) is 20.2 Å². The van der Waals surface area contributed by atoms with Crippen molar-refractivity contribution in [3.8, 4) is 0 Å². The molecule has 0 spiro atoms. The molecule has 0 unspecified atom stereocenters. The van der Waals surface area contributed by atoms with Crippen LogP contribution in [0.25, 0.3) is 0 Å². The maximum Gasteiger partial charge on any atom is 0.270 e. The summed E-state index contributed by atoms with van der Waals surface area (Å²) in [6, 6.07) is 12.1. The summed E-state index contributed by atoms with van der Waals surface area (Å²) < 4.78 is 0. The molecule has 1 heterocycles. The second kappa shape index (κ2) is 9.74. The summed E-state index contributed by atoms with van der Waals surface area (Å²) in [4.78, 5) is 22.8. The molecule has 2 rings (SSSR count). The van der Waals surface area contributed by atoms with E-state index < -0.39 is 0 Å². The van der Waals surface area contributed by atoms with Crippen LogP contribution in [0, 0.1) is 6.92 Å². The highest BCUT2D eigenvalue weighted by Gasteiger charge is 2.10. The Morgan fingerprint density at radius 1 is 1.12 bits per heavy atom. The van der Waals surface area contributed by atoms with Crippen molar-refractivity contribution < 1.29 is 4.79 Å². The van der Waals surface area contributed by atoms with Gasteiger partial charge in [0.25, 0.3) is 5.91 Å².